The average Bonchev–Trinajstić information content (AvgIpc) is 3.29. The monoisotopic (exact) mass is 451 g/mol. The van der Waals surface area contributed by atoms with Crippen LogP contribution in [0.3, 0.4) is 0 Å². The SMILES string of the molecule is Cc1ccc(/C=C2\SC(=O)N(CCNC(=O)CCc3nc4ccccc4s3)C2=O)cc1. The lowest BCUT2D eigenvalue weighted by molar-refractivity contribution is -0.124. The number of amides is 3. The minimum Gasteiger partial charge on any atom is -0.354 e. The van der Waals surface area contributed by atoms with E-state index in [1.165, 1.54) is 4.90 Å². The Bertz CT molecular complexity index is 1140. The number of benzene rings is 2. The fraction of sp³-hybridized carbons (Fsp3) is 0.217. The molecule has 1 aliphatic rings. The van der Waals surface area contributed by atoms with Gasteiger partial charge in [-0.3, -0.25) is 19.3 Å². The largest absolute Gasteiger partial charge is 0.354 e. The van der Waals surface area contributed by atoms with Gasteiger partial charge >= 0.3 is 0 Å². The molecule has 0 atom stereocenters. The van der Waals surface area contributed by atoms with Crippen molar-refractivity contribution in [3.8, 4) is 0 Å². The minimum absolute atomic E-state index is 0.124. The third kappa shape index (κ3) is 5.21. The van der Waals surface area contributed by atoms with Gasteiger partial charge in [-0.05, 0) is 42.5 Å². The van der Waals surface area contributed by atoms with Crippen molar-refractivity contribution in [3.63, 3.8) is 0 Å². The van der Waals surface area contributed by atoms with Crippen LogP contribution in [0.4, 0.5) is 4.79 Å². The number of hydrogen-bond donors (Lipinski definition) is 1. The van der Waals surface area contributed by atoms with Crippen molar-refractivity contribution in [2.24, 2.45) is 0 Å². The summed E-state index contributed by atoms with van der Waals surface area (Å²) in [5, 5.41) is 3.40. The van der Waals surface area contributed by atoms with E-state index in [9.17, 15) is 14.4 Å². The van der Waals surface area contributed by atoms with Crippen LogP contribution in [0, 0.1) is 6.92 Å². The molecular weight excluding hydrogens is 430 g/mol. The van der Waals surface area contributed by atoms with Crippen LogP contribution in [-0.2, 0) is 16.0 Å². The Morgan fingerprint density at radius 2 is 1.90 bits per heavy atom. The first-order chi connectivity index (χ1) is 15.0. The maximum absolute atomic E-state index is 12.6. The molecule has 0 bridgehead atoms. The van der Waals surface area contributed by atoms with Crippen molar-refractivity contribution in [2.45, 2.75) is 19.8 Å². The van der Waals surface area contributed by atoms with Crippen molar-refractivity contribution in [3.05, 3.63) is 69.6 Å². The number of aryl methyl sites for hydroxylation is 2. The second-order valence-electron chi connectivity index (χ2n) is 7.17. The third-order valence-corrected chi connectivity index (χ3v) is 6.81. The van der Waals surface area contributed by atoms with Gasteiger partial charge in [-0.1, -0.05) is 42.0 Å². The van der Waals surface area contributed by atoms with Crippen molar-refractivity contribution in [1.82, 2.24) is 15.2 Å². The van der Waals surface area contributed by atoms with Crippen LogP contribution < -0.4 is 5.32 Å². The zero-order valence-electron chi connectivity index (χ0n) is 17.0. The molecule has 3 amide bonds. The Labute approximate surface area is 188 Å². The predicted molar refractivity (Wildman–Crippen MR) is 125 cm³/mol. The van der Waals surface area contributed by atoms with Gasteiger partial charge in [-0.15, -0.1) is 11.3 Å². The number of para-hydroxylation sites is 1. The minimum atomic E-state index is -0.320. The molecule has 6 nitrogen and oxygen atoms in total. The lowest BCUT2D eigenvalue weighted by Crippen LogP contribution is -2.37. The Balaban J connectivity index is 1.25. The van der Waals surface area contributed by atoms with Gasteiger partial charge in [0, 0.05) is 25.9 Å². The number of hydrogen-bond acceptors (Lipinski definition) is 6. The van der Waals surface area contributed by atoms with E-state index in [0.717, 1.165) is 38.1 Å². The molecule has 1 saturated heterocycles. The molecule has 1 aliphatic heterocycles. The fourth-order valence-electron chi connectivity index (χ4n) is 3.15. The molecule has 1 aromatic heterocycles. The van der Waals surface area contributed by atoms with Crippen LogP contribution in [0.25, 0.3) is 16.3 Å². The predicted octanol–water partition coefficient (Wildman–Crippen LogP) is 4.39. The Hall–Kier alpha value is -2.97. The Morgan fingerprint density at radius 3 is 2.68 bits per heavy atom. The van der Waals surface area contributed by atoms with Gasteiger partial charge in [0.2, 0.25) is 5.91 Å². The van der Waals surface area contributed by atoms with Crippen LogP contribution in [0.2, 0.25) is 0 Å². The molecule has 158 valence electrons. The summed E-state index contributed by atoms with van der Waals surface area (Å²) in [6, 6.07) is 15.6. The summed E-state index contributed by atoms with van der Waals surface area (Å²) in [5.74, 6) is -0.444. The number of thioether (sulfide) groups is 1. The number of thiazole rings is 1. The van der Waals surface area contributed by atoms with Gasteiger partial charge < -0.3 is 5.32 Å². The highest BCUT2D eigenvalue weighted by Crippen LogP contribution is 2.31. The zero-order chi connectivity index (χ0) is 21.8. The van der Waals surface area contributed by atoms with Crippen LogP contribution >= 0.6 is 23.1 Å². The number of nitrogens with zero attached hydrogens (tertiary/aromatic N) is 2. The van der Waals surface area contributed by atoms with E-state index in [2.05, 4.69) is 10.3 Å². The quantitative estimate of drug-likeness (QED) is 0.539. The van der Waals surface area contributed by atoms with E-state index in [1.54, 1.807) is 17.4 Å². The maximum Gasteiger partial charge on any atom is 0.293 e. The molecule has 0 aliphatic carbocycles. The molecule has 4 rings (SSSR count). The molecule has 0 radical (unpaired) electrons. The highest BCUT2D eigenvalue weighted by molar-refractivity contribution is 8.18. The van der Waals surface area contributed by atoms with Gasteiger partial charge in [0.05, 0.1) is 20.1 Å². The smallest absolute Gasteiger partial charge is 0.293 e. The molecule has 3 aromatic rings. The number of carbonyl (C=O) groups is 3. The molecular formula is C23H21N3O3S2. The molecule has 8 heteroatoms. The second kappa shape index (κ2) is 9.45. The summed E-state index contributed by atoms with van der Waals surface area (Å²) >= 11 is 2.52. The summed E-state index contributed by atoms with van der Waals surface area (Å²) in [7, 11) is 0. The average molecular weight is 452 g/mol. The van der Waals surface area contributed by atoms with E-state index >= 15 is 0 Å². The highest BCUT2D eigenvalue weighted by atomic mass is 32.2. The van der Waals surface area contributed by atoms with Gasteiger partial charge in [-0.2, -0.15) is 0 Å². The first-order valence-corrected chi connectivity index (χ1v) is 11.6. The first-order valence-electron chi connectivity index (χ1n) is 9.93. The molecule has 0 saturated carbocycles. The summed E-state index contributed by atoms with van der Waals surface area (Å²) in [6.07, 6.45) is 2.60. The standard InChI is InChI=1S/C23H21N3O3S2/c1-15-6-8-16(9-7-15)14-19-22(28)26(23(29)31-19)13-12-24-20(27)10-11-21-25-17-4-2-3-5-18(17)30-21/h2-9,14H,10-13H2,1H3,(H,24,27)/b19-14-. The summed E-state index contributed by atoms with van der Waals surface area (Å²) in [4.78, 5) is 43.0. The summed E-state index contributed by atoms with van der Waals surface area (Å²) in [6.45, 7) is 2.38. The Kier molecular flexibility index (Phi) is 6.48. The number of imide groups is 1. The number of rotatable bonds is 7. The molecule has 0 unspecified atom stereocenters. The highest BCUT2D eigenvalue weighted by Gasteiger charge is 2.34. The van der Waals surface area contributed by atoms with Crippen LogP contribution in [0.5, 0.6) is 0 Å². The molecule has 1 N–H and O–H groups in total. The van der Waals surface area contributed by atoms with Crippen molar-refractivity contribution >= 4 is 56.4 Å². The molecule has 1 fully saturated rings. The summed E-state index contributed by atoms with van der Waals surface area (Å²) in [5.41, 5.74) is 2.95. The first kappa shape index (κ1) is 21.3. The van der Waals surface area contributed by atoms with Gasteiger partial charge in [0.15, 0.2) is 0 Å². The van der Waals surface area contributed by atoms with E-state index < -0.39 is 0 Å². The number of fused-ring (bicyclic) bond motifs is 1. The van der Waals surface area contributed by atoms with Crippen LogP contribution in [0.15, 0.2) is 53.4 Å². The summed E-state index contributed by atoms with van der Waals surface area (Å²) < 4.78 is 1.11. The van der Waals surface area contributed by atoms with Gasteiger partial charge in [0.25, 0.3) is 11.1 Å². The topological polar surface area (TPSA) is 79.4 Å². The number of aromatic nitrogens is 1. The lowest BCUT2D eigenvalue weighted by atomic mass is 10.1. The lowest BCUT2D eigenvalue weighted by Gasteiger charge is -2.12. The van der Waals surface area contributed by atoms with Crippen molar-refractivity contribution in [2.75, 3.05) is 13.1 Å². The normalized spacial score (nSPS) is 15.3. The molecule has 0 spiro atoms. The van der Waals surface area contributed by atoms with Crippen LogP contribution in [-0.4, -0.2) is 40.0 Å². The van der Waals surface area contributed by atoms with E-state index in [0.29, 0.717) is 17.7 Å². The number of carbonyl (C=O) groups excluding carboxylic acids is 3. The molecule has 2 heterocycles. The van der Waals surface area contributed by atoms with Crippen LogP contribution in [0.1, 0.15) is 22.6 Å². The fourth-order valence-corrected chi connectivity index (χ4v) is 4.98. The second-order valence-corrected chi connectivity index (χ2v) is 9.28. The molecule has 2 aromatic carbocycles. The maximum atomic E-state index is 12.6. The van der Waals surface area contributed by atoms with Crippen molar-refractivity contribution < 1.29 is 14.4 Å². The Morgan fingerprint density at radius 1 is 1.13 bits per heavy atom. The van der Waals surface area contributed by atoms with Gasteiger partial charge in [-0.25, -0.2) is 4.98 Å². The van der Waals surface area contributed by atoms with Crippen molar-refractivity contribution in [1.29, 1.82) is 0 Å². The molecule has 31 heavy (non-hydrogen) atoms. The third-order valence-electron chi connectivity index (χ3n) is 4.81. The van der Waals surface area contributed by atoms with E-state index in [-0.39, 0.29) is 30.1 Å². The zero-order valence-corrected chi connectivity index (χ0v) is 18.6. The number of nitrogens with one attached hydrogen (secondary N) is 1. The van der Waals surface area contributed by atoms with Gasteiger partial charge in [0.1, 0.15) is 0 Å². The van der Waals surface area contributed by atoms with E-state index in [1.807, 2.05) is 55.5 Å². The van der Waals surface area contributed by atoms with E-state index in [4.69, 9.17) is 0 Å².